The lowest BCUT2D eigenvalue weighted by Gasteiger charge is -2.37. The number of thiazole rings is 1. The molecule has 0 amide bonds. The first kappa shape index (κ1) is 12.4. The van der Waals surface area contributed by atoms with Gasteiger partial charge in [0.05, 0.1) is 11.8 Å². The molecule has 0 radical (unpaired) electrons. The van der Waals surface area contributed by atoms with E-state index < -0.39 is 0 Å². The topological polar surface area (TPSA) is 36.4 Å². The normalized spacial score (nSPS) is 27.1. The van der Waals surface area contributed by atoms with Gasteiger partial charge < -0.3 is 10.0 Å². The largest absolute Gasteiger partial charge is 0.387 e. The van der Waals surface area contributed by atoms with Gasteiger partial charge in [-0.25, -0.2) is 4.98 Å². The molecular weight excluding hydrogens is 244 g/mol. The molecule has 1 atom stereocenters. The van der Waals surface area contributed by atoms with Gasteiger partial charge in [-0.05, 0) is 37.5 Å². The summed E-state index contributed by atoms with van der Waals surface area (Å²) < 4.78 is 0. The number of rotatable bonds is 1. The number of aryl methyl sites for hydroxylation is 1. The molecule has 0 aromatic carbocycles. The number of aliphatic hydroxyl groups excluding tert-OH is 1. The Kier molecular flexibility index (Phi) is 3.10. The summed E-state index contributed by atoms with van der Waals surface area (Å²) in [6, 6.07) is 0. The summed E-state index contributed by atoms with van der Waals surface area (Å²) in [5.74, 6) is 0. The fraction of sp³-hybridized carbons (Fsp3) is 0.786. The van der Waals surface area contributed by atoms with Crippen molar-refractivity contribution >= 4 is 16.5 Å². The average molecular weight is 266 g/mol. The van der Waals surface area contributed by atoms with Crippen molar-refractivity contribution in [3.63, 3.8) is 0 Å². The highest BCUT2D eigenvalue weighted by Gasteiger charge is 2.30. The monoisotopic (exact) mass is 266 g/mol. The second kappa shape index (κ2) is 4.49. The van der Waals surface area contributed by atoms with Crippen LogP contribution in [-0.2, 0) is 6.42 Å². The van der Waals surface area contributed by atoms with Crippen LogP contribution in [0.5, 0.6) is 0 Å². The van der Waals surface area contributed by atoms with Crippen LogP contribution in [0.25, 0.3) is 0 Å². The fourth-order valence-electron chi connectivity index (χ4n) is 3.10. The van der Waals surface area contributed by atoms with Crippen LogP contribution in [0.4, 0.5) is 5.13 Å². The van der Waals surface area contributed by atoms with E-state index in [1.54, 1.807) is 11.3 Å². The van der Waals surface area contributed by atoms with Gasteiger partial charge in [-0.2, -0.15) is 0 Å². The van der Waals surface area contributed by atoms with E-state index in [0.717, 1.165) is 43.2 Å². The van der Waals surface area contributed by atoms with Crippen LogP contribution < -0.4 is 4.90 Å². The minimum absolute atomic E-state index is 0.323. The lowest BCUT2D eigenvalue weighted by atomic mass is 9.84. The molecule has 2 heterocycles. The summed E-state index contributed by atoms with van der Waals surface area (Å²) in [6.45, 7) is 6.88. The van der Waals surface area contributed by atoms with E-state index in [2.05, 4.69) is 18.7 Å². The molecule has 1 unspecified atom stereocenters. The Morgan fingerprint density at radius 1 is 1.39 bits per heavy atom. The molecule has 3 nitrogen and oxygen atoms in total. The maximum absolute atomic E-state index is 10.0. The summed E-state index contributed by atoms with van der Waals surface area (Å²) in [5.41, 5.74) is 1.35. The smallest absolute Gasteiger partial charge is 0.185 e. The fourth-order valence-corrected chi connectivity index (χ4v) is 4.29. The third-order valence-corrected chi connectivity index (χ3v) is 5.28. The summed E-state index contributed by atoms with van der Waals surface area (Å²) >= 11 is 1.80. The van der Waals surface area contributed by atoms with Gasteiger partial charge in [-0.15, -0.1) is 11.3 Å². The molecule has 1 aromatic rings. The SMILES string of the molecule is CC1(C)CCCN(c2nc3c(s2)CCCC3O)C1. The minimum Gasteiger partial charge on any atom is -0.387 e. The van der Waals surface area contributed by atoms with E-state index in [9.17, 15) is 5.11 Å². The third kappa shape index (κ3) is 2.28. The number of aliphatic hydroxyl groups is 1. The number of hydrogen-bond donors (Lipinski definition) is 1. The summed E-state index contributed by atoms with van der Waals surface area (Å²) in [5, 5.41) is 11.1. The number of hydrogen-bond acceptors (Lipinski definition) is 4. The van der Waals surface area contributed by atoms with Gasteiger partial charge in [0.25, 0.3) is 0 Å². The molecule has 0 spiro atoms. The molecule has 1 N–H and O–H groups in total. The van der Waals surface area contributed by atoms with Gasteiger partial charge in [0, 0.05) is 18.0 Å². The van der Waals surface area contributed by atoms with Crippen molar-refractivity contribution in [3.8, 4) is 0 Å². The number of nitrogens with zero attached hydrogens (tertiary/aromatic N) is 2. The maximum atomic E-state index is 10.0. The van der Waals surface area contributed by atoms with E-state index in [4.69, 9.17) is 4.98 Å². The molecule has 3 rings (SSSR count). The molecule has 1 aliphatic heterocycles. The van der Waals surface area contributed by atoms with E-state index >= 15 is 0 Å². The highest BCUT2D eigenvalue weighted by molar-refractivity contribution is 7.15. The Morgan fingerprint density at radius 2 is 2.22 bits per heavy atom. The van der Waals surface area contributed by atoms with E-state index in [1.165, 1.54) is 17.7 Å². The van der Waals surface area contributed by atoms with Crippen LogP contribution in [0.3, 0.4) is 0 Å². The first-order chi connectivity index (χ1) is 8.55. The van der Waals surface area contributed by atoms with Crippen molar-refractivity contribution in [1.82, 2.24) is 4.98 Å². The predicted octanol–water partition coefficient (Wildman–Crippen LogP) is 3.14. The summed E-state index contributed by atoms with van der Waals surface area (Å²) in [7, 11) is 0. The van der Waals surface area contributed by atoms with Gasteiger partial charge >= 0.3 is 0 Å². The molecule has 2 aliphatic rings. The van der Waals surface area contributed by atoms with Crippen molar-refractivity contribution in [1.29, 1.82) is 0 Å². The third-order valence-electron chi connectivity index (χ3n) is 4.08. The zero-order valence-electron chi connectivity index (χ0n) is 11.3. The Hall–Kier alpha value is -0.610. The van der Waals surface area contributed by atoms with Crippen molar-refractivity contribution in [2.24, 2.45) is 5.41 Å². The maximum Gasteiger partial charge on any atom is 0.185 e. The first-order valence-electron chi connectivity index (χ1n) is 6.98. The summed E-state index contributed by atoms with van der Waals surface area (Å²) in [4.78, 5) is 8.44. The average Bonchev–Trinajstić information content (AvgIpc) is 2.73. The minimum atomic E-state index is -0.323. The number of anilines is 1. The quantitative estimate of drug-likeness (QED) is 0.848. The molecule has 1 aliphatic carbocycles. The number of piperidine rings is 1. The molecule has 4 heteroatoms. The van der Waals surface area contributed by atoms with Crippen LogP contribution in [0.1, 0.15) is 56.2 Å². The molecule has 1 fully saturated rings. The van der Waals surface area contributed by atoms with Gasteiger partial charge in [-0.1, -0.05) is 13.8 Å². The van der Waals surface area contributed by atoms with Gasteiger partial charge in [0.1, 0.15) is 0 Å². The van der Waals surface area contributed by atoms with Crippen molar-refractivity contribution in [2.75, 3.05) is 18.0 Å². The van der Waals surface area contributed by atoms with E-state index in [0.29, 0.717) is 5.41 Å². The van der Waals surface area contributed by atoms with Crippen molar-refractivity contribution in [3.05, 3.63) is 10.6 Å². The second-order valence-electron chi connectivity index (χ2n) is 6.40. The van der Waals surface area contributed by atoms with Crippen LogP contribution in [-0.4, -0.2) is 23.2 Å². The predicted molar refractivity (Wildman–Crippen MR) is 75.2 cm³/mol. The van der Waals surface area contributed by atoms with E-state index in [1.807, 2.05) is 0 Å². The number of fused-ring (bicyclic) bond motifs is 1. The zero-order valence-corrected chi connectivity index (χ0v) is 12.1. The standard InChI is InChI=1S/C14H22N2OS/c1-14(2)7-4-8-16(9-14)13-15-12-10(17)5-3-6-11(12)18-13/h10,17H,3-9H2,1-2H3. The molecule has 0 saturated carbocycles. The number of aromatic nitrogens is 1. The highest BCUT2D eigenvalue weighted by Crippen LogP contribution is 2.39. The lowest BCUT2D eigenvalue weighted by molar-refractivity contribution is 0.153. The Balaban J connectivity index is 1.84. The second-order valence-corrected chi connectivity index (χ2v) is 7.46. The van der Waals surface area contributed by atoms with Crippen molar-refractivity contribution in [2.45, 2.75) is 52.1 Å². The zero-order chi connectivity index (χ0) is 12.8. The highest BCUT2D eigenvalue weighted by atomic mass is 32.1. The molecule has 100 valence electrons. The molecule has 18 heavy (non-hydrogen) atoms. The Morgan fingerprint density at radius 3 is 2.94 bits per heavy atom. The molecular formula is C14H22N2OS. The van der Waals surface area contributed by atoms with Crippen LogP contribution >= 0.6 is 11.3 Å². The van der Waals surface area contributed by atoms with Crippen LogP contribution in [0.15, 0.2) is 0 Å². The van der Waals surface area contributed by atoms with Crippen molar-refractivity contribution < 1.29 is 5.11 Å². The lowest BCUT2D eigenvalue weighted by Crippen LogP contribution is -2.40. The van der Waals surface area contributed by atoms with E-state index in [-0.39, 0.29) is 6.10 Å². The van der Waals surface area contributed by atoms with Gasteiger partial charge in [0.2, 0.25) is 0 Å². The van der Waals surface area contributed by atoms with Crippen LogP contribution in [0, 0.1) is 5.41 Å². The molecule has 0 bridgehead atoms. The molecule has 1 aromatic heterocycles. The summed E-state index contributed by atoms with van der Waals surface area (Å²) in [6.07, 6.45) is 5.30. The Labute approximate surface area is 113 Å². The van der Waals surface area contributed by atoms with Gasteiger partial charge in [0.15, 0.2) is 5.13 Å². The first-order valence-corrected chi connectivity index (χ1v) is 7.79. The molecule has 1 saturated heterocycles. The Bertz CT molecular complexity index is 441. The van der Waals surface area contributed by atoms with Crippen LogP contribution in [0.2, 0.25) is 0 Å². The van der Waals surface area contributed by atoms with Gasteiger partial charge in [-0.3, -0.25) is 0 Å².